The lowest BCUT2D eigenvalue weighted by Crippen LogP contribution is -2.22. The van der Waals surface area contributed by atoms with Gasteiger partial charge in [0.2, 0.25) is 0 Å². The fourth-order valence-corrected chi connectivity index (χ4v) is 2.23. The zero-order valence-electron chi connectivity index (χ0n) is 10.0. The first-order chi connectivity index (χ1) is 7.77. The average Bonchev–Trinajstić information content (AvgIpc) is 2.31. The maximum Gasteiger partial charge on any atom is 0.0406 e. The van der Waals surface area contributed by atoms with Crippen LogP contribution in [0.15, 0.2) is 24.3 Å². The van der Waals surface area contributed by atoms with Gasteiger partial charge in [0, 0.05) is 11.1 Å². The number of thioether (sulfide) groups is 1. The molecule has 0 amide bonds. The number of halogens is 1. The molecule has 1 nitrogen and oxygen atoms in total. The van der Waals surface area contributed by atoms with Crippen LogP contribution in [0.25, 0.3) is 0 Å². The Kier molecular flexibility index (Phi) is 6.93. The third-order valence-electron chi connectivity index (χ3n) is 2.52. The van der Waals surface area contributed by atoms with E-state index in [9.17, 15) is 0 Å². The molecule has 0 heterocycles. The lowest BCUT2D eigenvalue weighted by atomic mass is 10.0. The first-order valence-electron chi connectivity index (χ1n) is 5.75. The summed E-state index contributed by atoms with van der Waals surface area (Å²) in [6, 6.07) is 8.64. The van der Waals surface area contributed by atoms with Gasteiger partial charge >= 0.3 is 0 Å². The molecule has 0 aromatic heterocycles. The van der Waals surface area contributed by atoms with E-state index in [0.717, 1.165) is 11.6 Å². The molecule has 1 aromatic rings. The minimum atomic E-state index is 0.463. The van der Waals surface area contributed by atoms with Crippen LogP contribution in [0.5, 0.6) is 0 Å². The highest BCUT2D eigenvalue weighted by molar-refractivity contribution is 7.98. The quantitative estimate of drug-likeness (QED) is 0.788. The Balaban J connectivity index is 2.62. The van der Waals surface area contributed by atoms with E-state index < -0.39 is 0 Å². The molecule has 0 aliphatic carbocycles. The normalized spacial score (nSPS) is 12.7. The van der Waals surface area contributed by atoms with Gasteiger partial charge in [0.15, 0.2) is 0 Å². The van der Waals surface area contributed by atoms with Crippen LogP contribution in [0.1, 0.15) is 31.4 Å². The summed E-state index contributed by atoms with van der Waals surface area (Å²) in [5.41, 5.74) is 1.34. The Morgan fingerprint density at radius 1 is 1.31 bits per heavy atom. The van der Waals surface area contributed by atoms with E-state index in [1.807, 2.05) is 23.9 Å². The molecule has 1 N–H and O–H groups in total. The van der Waals surface area contributed by atoms with Gasteiger partial charge in [0.25, 0.3) is 0 Å². The van der Waals surface area contributed by atoms with Gasteiger partial charge in [-0.15, -0.1) is 0 Å². The van der Waals surface area contributed by atoms with Crippen molar-refractivity contribution in [2.45, 2.75) is 25.8 Å². The maximum absolute atomic E-state index is 5.90. The van der Waals surface area contributed by atoms with Gasteiger partial charge in [0.1, 0.15) is 0 Å². The predicted octanol–water partition coefficient (Wildman–Crippen LogP) is 4.13. The van der Waals surface area contributed by atoms with Crippen molar-refractivity contribution in [3.63, 3.8) is 0 Å². The SMILES string of the molecule is CCCNC(CCSC)c1ccc(Cl)cc1. The number of hydrogen-bond donors (Lipinski definition) is 1. The molecule has 16 heavy (non-hydrogen) atoms. The molecule has 0 aliphatic rings. The Morgan fingerprint density at radius 2 is 2.00 bits per heavy atom. The maximum atomic E-state index is 5.90. The highest BCUT2D eigenvalue weighted by atomic mass is 35.5. The largest absolute Gasteiger partial charge is 0.310 e. The molecular formula is C13H20ClNS. The van der Waals surface area contributed by atoms with Crippen molar-refractivity contribution < 1.29 is 0 Å². The van der Waals surface area contributed by atoms with Gasteiger partial charge in [-0.3, -0.25) is 0 Å². The van der Waals surface area contributed by atoms with Crippen molar-refractivity contribution in [3.05, 3.63) is 34.9 Å². The Bertz CT molecular complexity index is 278. The summed E-state index contributed by atoms with van der Waals surface area (Å²) in [7, 11) is 0. The molecule has 1 atom stereocenters. The molecule has 1 aromatic carbocycles. The topological polar surface area (TPSA) is 12.0 Å². The van der Waals surface area contributed by atoms with Crippen LogP contribution in [0, 0.1) is 0 Å². The van der Waals surface area contributed by atoms with E-state index in [2.05, 4.69) is 30.6 Å². The van der Waals surface area contributed by atoms with E-state index in [4.69, 9.17) is 11.6 Å². The number of hydrogen-bond acceptors (Lipinski definition) is 2. The van der Waals surface area contributed by atoms with Gasteiger partial charge in [-0.2, -0.15) is 11.8 Å². The fourth-order valence-electron chi connectivity index (χ4n) is 1.64. The van der Waals surface area contributed by atoms with Crippen molar-refractivity contribution in [1.82, 2.24) is 5.32 Å². The van der Waals surface area contributed by atoms with Crippen LogP contribution < -0.4 is 5.32 Å². The number of benzene rings is 1. The summed E-state index contributed by atoms with van der Waals surface area (Å²) in [6.07, 6.45) is 4.49. The molecular weight excluding hydrogens is 238 g/mol. The molecule has 0 saturated carbocycles. The number of nitrogens with one attached hydrogen (secondary N) is 1. The minimum Gasteiger partial charge on any atom is -0.310 e. The summed E-state index contributed by atoms with van der Waals surface area (Å²) in [6.45, 7) is 3.27. The minimum absolute atomic E-state index is 0.463. The Labute approximate surface area is 108 Å². The first kappa shape index (κ1) is 13.9. The van der Waals surface area contributed by atoms with Crippen LogP contribution in [0.4, 0.5) is 0 Å². The molecule has 3 heteroatoms. The van der Waals surface area contributed by atoms with E-state index in [0.29, 0.717) is 6.04 Å². The third-order valence-corrected chi connectivity index (χ3v) is 3.42. The zero-order chi connectivity index (χ0) is 11.8. The Hall–Kier alpha value is -0.180. The highest BCUT2D eigenvalue weighted by Crippen LogP contribution is 2.20. The van der Waals surface area contributed by atoms with Crippen LogP contribution in [-0.4, -0.2) is 18.6 Å². The second kappa shape index (κ2) is 7.99. The monoisotopic (exact) mass is 257 g/mol. The van der Waals surface area contributed by atoms with E-state index in [1.54, 1.807) is 0 Å². The predicted molar refractivity (Wildman–Crippen MR) is 75.5 cm³/mol. The smallest absolute Gasteiger partial charge is 0.0406 e. The summed E-state index contributed by atoms with van der Waals surface area (Å²) < 4.78 is 0. The first-order valence-corrected chi connectivity index (χ1v) is 7.53. The molecule has 90 valence electrons. The molecule has 1 rings (SSSR count). The Morgan fingerprint density at radius 3 is 2.56 bits per heavy atom. The third kappa shape index (κ3) is 4.77. The lowest BCUT2D eigenvalue weighted by Gasteiger charge is -2.18. The van der Waals surface area contributed by atoms with Gasteiger partial charge in [-0.25, -0.2) is 0 Å². The van der Waals surface area contributed by atoms with Crippen molar-refractivity contribution in [3.8, 4) is 0 Å². The standard InChI is InChI=1S/C13H20ClNS/c1-3-9-15-13(8-10-16-2)11-4-6-12(14)7-5-11/h4-7,13,15H,3,8-10H2,1-2H3. The molecule has 0 aliphatic heterocycles. The van der Waals surface area contributed by atoms with Crippen LogP contribution in [0.2, 0.25) is 5.02 Å². The lowest BCUT2D eigenvalue weighted by molar-refractivity contribution is 0.521. The second-order valence-corrected chi connectivity index (χ2v) is 5.26. The summed E-state index contributed by atoms with van der Waals surface area (Å²) in [5, 5.41) is 4.39. The van der Waals surface area contributed by atoms with Crippen LogP contribution in [-0.2, 0) is 0 Å². The fraction of sp³-hybridized carbons (Fsp3) is 0.538. The summed E-state index contributed by atoms with van der Waals surface area (Å²) >= 11 is 7.80. The molecule has 0 bridgehead atoms. The van der Waals surface area contributed by atoms with E-state index >= 15 is 0 Å². The van der Waals surface area contributed by atoms with Crippen molar-refractivity contribution >= 4 is 23.4 Å². The van der Waals surface area contributed by atoms with E-state index in [1.165, 1.54) is 24.2 Å². The van der Waals surface area contributed by atoms with Gasteiger partial charge in [-0.1, -0.05) is 30.7 Å². The van der Waals surface area contributed by atoms with Crippen molar-refractivity contribution in [2.75, 3.05) is 18.6 Å². The summed E-state index contributed by atoms with van der Waals surface area (Å²) in [5.74, 6) is 1.18. The van der Waals surface area contributed by atoms with Gasteiger partial charge < -0.3 is 5.32 Å². The average molecular weight is 258 g/mol. The molecule has 0 spiro atoms. The van der Waals surface area contributed by atoms with Crippen LogP contribution in [0.3, 0.4) is 0 Å². The molecule has 0 radical (unpaired) electrons. The highest BCUT2D eigenvalue weighted by Gasteiger charge is 2.09. The second-order valence-electron chi connectivity index (χ2n) is 3.84. The zero-order valence-corrected chi connectivity index (χ0v) is 11.6. The van der Waals surface area contributed by atoms with Crippen molar-refractivity contribution in [2.24, 2.45) is 0 Å². The van der Waals surface area contributed by atoms with E-state index in [-0.39, 0.29) is 0 Å². The molecule has 0 fully saturated rings. The molecule has 0 saturated heterocycles. The van der Waals surface area contributed by atoms with Crippen LogP contribution >= 0.6 is 23.4 Å². The number of rotatable bonds is 7. The van der Waals surface area contributed by atoms with Gasteiger partial charge in [0.05, 0.1) is 0 Å². The summed E-state index contributed by atoms with van der Waals surface area (Å²) in [4.78, 5) is 0. The molecule has 1 unspecified atom stereocenters. The van der Waals surface area contributed by atoms with Gasteiger partial charge in [-0.05, 0) is 49.1 Å². The van der Waals surface area contributed by atoms with Crippen molar-refractivity contribution in [1.29, 1.82) is 0 Å².